The molecular weight excluding hydrogens is 324 g/mol. The fourth-order valence-corrected chi connectivity index (χ4v) is 3.36. The highest BCUT2D eigenvalue weighted by molar-refractivity contribution is 6.32. The van der Waals surface area contributed by atoms with Crippen molar-refractivity contribution in [3.8, 4) is 5.75 Å². The fourth-order valence-electron chi connectivity index (χ4n) is 3.16. The first-order valence-corrected chi connectivity index (χ1v) is 8.65. The summed E-state index contributed by atoms with van der Waals surface area (Å²) in [4.78, 5) is 4.79. The number of fused-ring (bicyclic) bond motifs is 1. The van der Waals surface area contributed by atoms with Crippen molar-refractivity contribution in [2.24, 2.45) is 0 Å². The molecule has 2 heterocycles. The molecule has 1 aliphatic rings. The second-order valence-corrected chi connectivity index (χ2v) is 6.30. The van der Waals surface area contributed by atoms with E-state index in [1.54, 1.807) is 0 Å². The van der Waals surface area contributed by atoms with E-state index < -0.39 is 0 Å². The van der Waals surface area contributed by atoms with Crippen molar-refractivity contribution in [1.29, 1.82) is 0 Å². The number of imidazole rings is 1. The largest absolute Gasteiger partial charge is 0.490 e. The lowest BCUT2D eigenvalue weighted by atomic mass is 10.2. The van der Waals surface area contributed by atoms with Crippen LogP contribution in [0.15, 0.2) is 48.5 Å². The Hall–Kier alpha value is -2.04. The van der Waals surface area contributed by atoms with Crippen molar-refractivity contribution in [3.05, 3.63) is 59.4 Å². The van der Waals surface area contributed by atoms with Crippen molar-refractivity contribution in [2.45, 2.75) is 25.5 Å². The van der Waals surface area contributed by atoms with Gasteiger partial charge in [0.1, 0.15) is 24.3 Å². The summed E-state index contributed by atoms with van der Waals surface area (Å²) in [6.45, 7) is 2.05. The number of halogens is 1. The molecule has 1 aliphatic heterocycles. The SMILES string of the molecule is Clc1ccccc1OCCn1c([C@@H]2CCCO2)nc2ccccc21. The van der Waals surface area contributed by atoms with Gasteiger partial charge in [-0.2, -0.15) is 0 Å². The van der Waals surface area contributed by atoms with Gasteiger partial charge in [-0.25, -0.2) is 4.98 Å². The Labute approximate surface area is 146 Å². The zero-order valence-corrected chi connectivity index (χ0v) is 14.1. The smallest absolute Gasteiger partial charge is 0.139 e. The molecule has 0 spiro atoms. The summed E-state index contributed by atoms with van der Waals surface area (Å²) in [5.74, 6) is 1.71. The second-order valence-electron chi connectivity index (χ2n) is 5.89. The molecule has 0 bridgehead atoms. The van der Waals surface area contributed by atoms with Gasteiger partial charge < -0.3 is 14.0 Å². The maximum Gasteiger partial charge on any atom is 0.139 e. The molecule has 0 amide bonds. The van der Waals surface area contributed by atoms with E-state index in [0.717, 1.165) is 36.3 Å². The first-order valence-electron chi connectivity index (χ1n) is 8.27. The van der Waals surface area contributed by atoms with E-state index in [1.807, 2.05) is 42.5 Å². The molecule has 124 valence electrons. The Morgan fingerprint density at radius 1 is 1.17 bits per heavy atom. The number of hydrogen-bond donors (Lipinski definition) is 0. The van der Waals surface area contributed by atoms with Crippen LogP contribution in [-0.4, -0.2) is 22.8 Å². The van der Waals surface area contributed by atoms with E-state index in [0.29, 0.717) is 23.9 Å². The summed E-state index contributed by atoms with van der Waals surface area (Å²) >= 11 is 6.15. The lowest BCUT2D eigenvalue weighted by Crippen LogP contribution is -2.13. The molecule has 5 heteroatoms. The molecule has 3 aromatic rings. The van der Waals surface area contributed by atoms with E-state index >= 15 is 0 Å². The molecule has 4 rings (SSSR count). The summed E-state index contributed by atoms with van der Waals surface area (Å²) in [6.07, 6.45) is 2.19. The van der Waals surface area contributed by atoms with Crippen LogP contribution in [0.5, 0.6) is 5.75 Å². The van der Waals surface area contributed by atoms with Crippen LogP contribution in [0.1, 0.15) is 24.8 Å². The Bertz CT molecular complexity index is 840. The molecule has 0 N–H and O–H groups in total. The van der Waals surface area contributed by atoms with E-state index in [9.17, 15) is 0 Å². The number of rotatable bonds is 5. The molecule has 1 aromatic heterocycles. The number of aromatic nitrogens is 2. The zero-order chi connectivity index (χ0) is 16.4. The van der Waals surface area contributed by atoms with Gasteiger partial charge in [-0.05, 0) is 37.1 Å². The molecule has 0 aliphatic carbocycles. The third-order valence-electron chi connectivity index (χ3n) is 4.31. The van der Waals surface area contributed by atoms with Gasteiger partial charge in [0.25, 0.3) is 0 Å². The minimum Gasteiger partial charge on any atom is -0.490 e. The highest BCUT2D eigenvalue weighted by Gasteiger charge is 2.24. The zero-order valence-electron chi connectivity index (χ0n) is 13.3. The van der Waals surface area contributed by atoms with E-state index in [4.69, 9.17) is 26.1 Å². The predicted molar refractivity (Wildman–Crippen MR) is 94.6 cm³/mol. The summed E-state index contributed by atoms with van der Waals surface area (Å²) in [5, 5.41) is 0.632. The maximum atomic E-state index is 6.15. The van der Waals surface area contributed by atoms with Gasteiger partial charge in [0.05, 0.1) is 22.6 Å². The lowest BCUT2D eigenvalue weighted by molar-refractivity contribution is 0.101. The Morgan fingerprint density at radius 2 is 2.00 bits per heavy atom. The molecule has 1 fully saturated rings. The van der Waals surface area contributed by atoms with Crippen LogP contribution >= 0.6 is 11.6 Å². The number of benzene rings is 2. The fraction of sp³-hybridized carbons (Fsp3) is 0.316. The highest BCUT2D eigenvalue weighted by Crippen LogP contribution is 2.30. The predicted octanol–water partition coefficient (Wildman–Crippen LogP) is 4.62. The summed E-state index contributed by atoms with van der Waals surface area (Å²) in [7, 11) is 0. The second kappa shape index (κ2) is 6.83. The molecule has 4 nitrogen and oxygen atoms in total. The Morgan fingerprint density at radius 3 is 2.83 bits per heavy atom. The van der Waals surface area contributed by atoms with Crippen LogP contribution in [0.3, 0.4) is 0 Å². The Balaban J connectivity index is 1.58. The van der Waals surface area contributed by atoms with Gasteiger partial charge >= 0.3 is 0 Å². The van der Waals surface area contributed by atoms with Crippen molar-refractivity contribution < 1.29 is 9.47 Å². The number of ether oxygens (including phenoxy) is 2. The van der Waals surface area contributed by atoms with Crippen molar-refractivity contribution in [1.82, 2.24) is 9.55 Å². The molecule has 0 unspecified atom stereocenters. The number of para-hydroxylation sites is 3. The monoisotopic (exact) mass is 342 g/mol. The van der Waals surface area contributed by atoms with Crippen LogP contribution in [0.4, 0.5) is 0 Å². The minimum atomic E-state index is 0.0812. The molecular formula is C19H19ClN2O2. The summed E-state index contributed by atoms with van der Waals surface area (Å²) < 4.78 is 13.9. The van der Waals surface area contributed by atoms with Crippen molar-refractivity contribution >= 4 is 22.6 Å². The molecule has 0 saturated carbocycles. The third-order valence-corrected chi connectivity index (χ3v) is 4.62. The van der Waals surface area contributed by atoms with Crippen molar-refractivity contribution in [2.75, 3.05) is 13.2 Å². The summed E-state index contributed by atoms with van der Waals surface area (Å²) in [6, 6.07) is 15.7. The van der Waals surface area contributed by atoms with Gasteiger partial charge in [0, 0.05) is 6.61 Å². The molecule has 1 saturated heterocycles. The average Bonchev–Trinajstić information content (AvgIpc) is 3.24. The normalized spacial score (nSPS) is 17.5. The van der Waals surface area contributed by atoms with E-state index in [1.165, 1.54) is 0 Å². The highest BCUT2D eigenvalue weighted by atomic mass is 35.5. The minimum absolute atomic E-state index is 0.0812. The standard InChI is InChI=1S/C19H19ClN2O2/c20-14-6-1-4-9-17(14)24-13-11-22-16-8-3-2-7-15(16)21-19(22)18-10-5-12-23-18/h1-4,6-9,18H,5,10-13H2/t18-/m0/s1. The molecule has 24 heavy (non-hydrogen) atoms. The van der Waals surface area contributed by atoms with Gasteiger partial charge in [-0.3, -0.25) is 0 Å². The average molecular weight is 343 g/mol. The van der Waals surface area contributed by atoms with Gasteiger partial charge in [0.2, 0.25) is 0 Å². The lowest BCUT2D eigenvalue weighted by Gasteiger charge is -2.14. The van der Waals surface area contributed by atoms with E-state index in [2.05, 4.69) is 10.6 Å². The number of hydrogen-bond acceptors (Lipinski definition) is 3. The van der Waals surface area contributed by atoms with Gasteiger partial charge in [-0.15, -0.1) is 0 Å². The quantitative estimate of drug-likeness (QED) is 0.678. The first kappa shape index (κ1) is 15.5. The van der Waals surface area contributed by atoms with Crippen LogP contribution < -0.4 is 4.74 Å². The first-order chi connectivity index (χ1) is 11.8. The topological polar surface area (TPSA) is 36.3 Å². The molecule has 0 radical (unpaired) electrons. The van der Waals surface area contributed by atoms with Gasteiger partial charge in [-0.1, -0.05) is 35.9 Å². The van der Waals surface area contributed by atoms with E-state index in [-0.39, 0.29) is 6.10 Å². The van der Waals surface area contributed by atoms with Crippen molar-refractivity contribution in [3.63, 3.8) is 0 Å². The third kappa shape index (κ3) is 2.99. The van der Waals surface area contributed by atoms with Crippen LogP contribution in [0.25, 0.3) is 11.0 Å². The Kier molecular flexibility index (Phi) is 4.41. The van der Waals surface area contributed by atoms with Gasteiger partial charge in [0.15, 0.2) is 0 Å². The molecule has 2 aromatic carbocycles. The van der Waals surface area contributed by atoms with Crippen LogP contribution in [-0.2, 0) is 11.3 Å². The maximum absolute atomic E-state index is 6.15. The van der Waals surface area contributed by atoms with Crippen LogP contribution in [0.2, 0.25) is 5.02 Å². The molecule has 1 atom stereocenters. The summed E-state index contributed by atoms with van der Waals surface area (Å²) in [5.41, 5.74) is 2.12. The van der Waals surface area contributed by atoms with Crippen LogP contribution in [0, 0.1) is 0 Å². The number of nitrogens with zero attached hydrogens (tertiary/aromatic N) is 2.